The molecule has 2 N–H and O–H groups in total. The minimum absolute atomic E-state index is 0.0627. The molecular weight excluding hydrogens is 244 g/mol. The van der Waals surface area contributed by atoms with E-state index in [0.717, 1.165) is 11.5 Å². The summed E-state index contributed by atoms with van der Waals surface area (Å²) >= 11 is 0. The largest absolute Gasteiger partial charge is 0.467 e. The second-order valence-corrected chi connectivity index (χ2v) is 4.38. The topological polar surface area (TPSA) is 72.1 Å². The summed E-state index contributed by atoms with van der Waals surface area (Å²) in [6, 6.07) is 5.26. The third kappa shape index (κ3) is 3.96. The molecule has 102 valence electrons. The van der Waals surface area contributed by atoms with Gasteiger partial charge in [0.25, 0.3) is 0 Å². The van der Waals surface area contributed by atoms with Crippen molar-refractivity contribution in [1.82, 2.24) is 20.4 Å². The van der Waals surface area contributed by atoms with Gasteiger partial charge >= 0.3 is 0 Å². The average molecular weight is 262 g/mol. The Morgan fingerprint density at radius 2 is 2.32 bits per heavy atom. The Balaban J connectivity index is 1.73. The smallest absolute Gasteiger partial charge is 0.237 e. The van der Waals surface area contributed by atoms with Crippen LogP contribution in [0.1, 0.15) is 18.4 Å². The summed E-state index contributed by atoms with van der Waals surface area (Å²) < 4.78 is 6.88. The number of amides is 1. The molecule has 0 radical (unpaired) electrons. The van der Waals surface area contributed by atoms with Crippen LogP contribution in [0.5, 0.6) is 0 Å². The van der Waals surface area contributed by atoms with Crippen LogP contribution >= 0.6 is 0 Å². The number of furan rings is 1. The van der Waals surface area contributed by atoms with Gasteiger partial charge in [0.2, 0.25) is 5.91 Å². The monoisotopic (exact) mass is 262 g/mol. The van der Waals surface area contributed by atoms with Crippen molar-refractivity contribution in [3.63, 3.8) is 0 Å². The van der Waals surface area contributed by atoms with E-state index in [2.05, 4.69) is 15.7 Å². The van der Waals surface area contributed by atoms with Crippen molar-refractivity contribution in [1.29, 1.82) is 0 Å². The quantitative estimate of drug-likeness (QED) is 0.808. The zero-order chi connectivity index (χ0) is 13.7. The van der Waals surface area contributed by atoms with E-state index in [1.54, 1.807) is 17.0 Å². The lowest BCUT2D eigenvalue weighted by Gasteiger charge is -2.12. The fourth-order valence-corrected chi connectivity index (χ4v) is 1.65. The molecule has 1 atom stereocenters. The molecule has 2 aromatic heterocycles. The molecule has 1 unspecified atom stereocenters. The Morgan fingerprint density at radius 1 is 1.47 bits per heavy atom. The number of nitrogens with one attached hydrogen (secondary N) is 2. The average Bonchev–Trinajstić information content (AvgIpc) is 3.04. The fraction of sp³-hybridized carbons (Fsp3) is 0.385. The van der Waals surface area contributed by atoms with E-state index in [9.17, 15) is 4.79 Å². The first-order valence-electron chi connectivity index (χ1n) is 6.17. The normalized spacial score (nSPS) is 12.3. The zero-order valence-electron chi connectivity index (χ0n) is 11.1. The van der Waals surface area contributed by atoms with E-state index in [-0.39, 0.29) is 11.9 Å². The van der Waals surface area contributed by atoms with Crippen LogP contribution in [0.15, 0.2) is 35.1 Å². The van der Waals surface area contributed by atoms with Crippen molar-refractivity contribution in [3.8, 4) is 0 Å². The molecule has 0 fully saturated rings. The Labute approximate surface area is 111 Å². The van der Waals surface area contributed by atoms with Gasteiger partial charge in [-0.1, -0.05) is 0 Å². The molecule has 6 heteroatoms. The summed E-state index contributed by atoms with van der Waals surface area (Å²) in [5.41, 5.74) is 0.910. The second kappa shape index (κ2) is 6.19. The van der Waals surface area contributed by atoms with Gasteiger partial charge in [0.05, 0.1) is 24.5 Å². The third-order valence-corrected chi connectivity index (χ3v) is 2.77. The summed E-state index contributed by atoms with van der Waals surface area (Å²) in [5.74, 6) is 0.678. The van der Waals surface area contributed by atoms with E-state index in [1.165, 1.54) is 0 Å². The molecule has 0 bridgehead atoms. The number of rotatable bonds is 6. The first-order valence-corrected chi connectivity index (χ1v) is 6.17. The molecule has 2 heterocycles. The van der Waals surface area contributed by atoms with Crippen LogP contribution in [0.25, 0.3) is 0 Å². The maximum absolute atomic E-state index is 11.8. The van der Waals surface area contributed by atoms with Gasteiger partial charge in [-0.2, -0.15) is 5.10 Å². The Morgan fingerprint density at radius 3 is 2.95 bits per heavy atom. The second-order valence-electron chi connectivity index (χ2n) is 4.38. The van der Waals surface area contributed by atoms with E-state index in [4.69, 9.17) is 4.42 Å². The zero-order valence-corrected chi connectivity index (χ0v) is 11.1. The highest BCUT2D eigenvalue weighted by atomic mass is 16.3. The Bertz CT molecular complexity index is 518. The van der Waals surface area contributed by atoms with Crippen LogP contribution in [-0.4, -0.2) is 21.7 Å². The van der Waals surface area contributed by atoms with Crippen molar-refractivity contribution in [3.05, 3.63) is 42.1 Å². The molecule has 0 saturated heterocycles. The molecule has 6 nitrogen and oxygen atoms in total. The molecule has 0 aliphatic heterocycles. The first kappa shape index (κ1) is 13.4. The van der Waals surface area contributed by atoms with Crippen LogP contribution in [0.4, 0.5) is 0 Å². The van der Waals surface area contributed by atoms with E-state index >= 15 is 0 Å². The molecule has 1 amide bonds. The van der Waals surface area contributed by atoms with Crippen molar-refractivity contribution in [2.45, 2.75) is 26.1 Å². The number of carbonyl (C=O) groups excluding carboxylic acids is 1. The molecule has 0 aliphatic rings. The molecule has 0 saturated carbocycles. The highest BCUT2D eigenvalue weighted by molar-refractivity contribution is 5.81. The Hall–Kier alpha value is -2.08. The highest BCUT2D eigenvalue weighted by Crippen LogP contribution is 1.99. The minimum Gasteiger partial charge on any atom is -0.467 e. The van der Waals surface area contributed by atoms with E-state index in [0.29, 0.717) is 13.1 Å². The third-order valence-electron chi connectivity index (χ3n) is 2.77. The SMILES string of the molecule is CC(NCc1ccn(C)n1)C(=O)NCc1ccco1. The van der Waals surface area contributed by atoms with Crippen LogP contribution in [0.2, 0.25) is 0 Å². The van der Waals surface area contributed by atoms with Crippen LogP contribution in [-0.2, 0) is 24.9 Å². The lowest BCUT2D eigenvalue weighted by molar-refractivity contribution is -0.123. The standard InChI is InChI=1S/C13H18N4O2/c1-10(14-8-11-5-6-17(2)16-11)13(18)15-9-12-4-3-7-19-12/h3-7,10,14H,8-9H2,1-2H3,(H,15,18). The first-order chi connectivity index (χ1) is 9.15. The lowest BCUT2D eigenvalue weighted by atomic mass is 10.3. The van der Waals surface area contributed by atoms with Crippen molar-refractivity contribution in [2.24, 2.45) is 7.05 Å². The number of aromatic nitrogens is 2. The van der Waals surface area contributed by atoms with Gasteiger partial charge in [0.15, 0.2) is 0 Å². The maximum Gasteiger partial charge on any atom is 0.237 e. The number of nitrogens with zero attached hydrogens (tertiary/aromatic N) is 2. The highest BCUT2D eigenvalue weighted by Gasteiger charge is 2.12. The van der Waals surface area contributed by atoms with E-state index in [1.807, 2.05) is 32.3 Å². The van der Waals surface area contributed by atoms with Gasteiger partial charge in [-0.25, -0.2) is 0 Å². The molecule has 2 rings (SSSR count). The summed E-state index contributed by atoms with van der Waals surface area (Å²) in [6.45, 7) is 2.79. The number of carbonyl (C=O) groups is 1. The molecular formula is C13H18N4O2. The minimum atomic E-state index is -0.281. The van der Waals surface area contributed by atoms with Crippen molar-refractivity contribution in [2.75, 3.05) is 0 Å². The van der Waals surface area contributed by atoms with Gasteiger partial charge in [0, 0.05) is 19.8 Å². The number of hydrogen-bond acceptors (Lipinski definition) is 4. The van der Waals surface area contributed by atoms with Crippen LogP contribution in [0, 0.1) is 0 Å². The lowest BCUT2D eigenvalue weighted by Crippen LogP contribution is -2.41. The summed E-state index contributed by atoms with van der Waals surface area (Å²) in [4.78, 5) is 11.8. The summed E-state index contributed by atoms with van der Waals surface area (Å²) in [5, 5.41) is 10.2. The van der Waals surface area contributed by atoms with Crippen molar-refractivity contribution < 1.29 is 9.21 Å². The van der Waals surface area contributed by atoms with Gasteiger partial charge in [0.1, 0.15) is 5.76 Å². The molecule has 0 spiro atoms. The predicted octanol–water partition coefficient (Wildman–Crippen LogP) is 0.808. The predicted molar refractivity (Wildman–Crippen MR) is 70.1 cm³/mol. The van der Waals surface area contributed by atoms with Crippen molar-refractivity contribution >= 4 is 5.91 Å². The maximum atomic E-state index is 11.8. The fourth-order valence-electron chi connectivity index (χ4n) is 1.65. The van der Waals surface area contributed by atoms with Crippen LogP contribution in [0.3, 0.4) is 0 Å². The van der Waals surface area contributed by atoms with Gasteiger partial charge in [-0.15, -0.1) is 0 Å². The molecule has 19 heavy (non-hydrogen) atoms. The molecule has 0 aromatic carbocycles. The molecule has 2 aromatic rings. The van der Waals surface area contributed by atoms with Gasteiger partial charge in [-0.05, 0) is 25.1 Å². The van der Waals surface area contributed by atoms with Gasteiger partial charge < -0.3 is 15.1 Å². The van der Waals surface area contributed by atoms with Crippen LogP contribution < -0.4 is 10.6 Å². The number of aryl methyl sites for hydroxylation is 1. The summed E-state index contributed by atoms with van der Waals surface area (Å²) in [7, 11) is 1.86. The van der Waals surface area contributed by atoms with E-state index < -0.39 is 0 Å². The Kier molecular flexibility index (Phi) is 4.35. The van der Waals surface area contributed by atoms with Gasteiger partial charge in [-0.3, -0.25) is 9.48 Å². The number of hydrogen-bond donors (Lipinski definition) is 2. The molecule has 0 aliphatic carbocycles. The summed E-state index contributed by atoms with van der Waals surface area (Å²) in [6.07, 6.45) is 3.46.